The molecule has 4 aromatic carbocycles. The van der Waals surface area contributed by atoms with Gasteiger partial charge in [0.25, 0.3) is 10.8 Å². The van der Waals surface area contributed by atoms with Crippen LogP contribution >= 0.6 is 11.8 Å². The molecule has 7 heteroatoms. The van der Waals surface area contributed by atoms with Gasteiger partial charge in [-0.2, -0.15) is 0 Å². The Kier molecular flexibility index (Phi) is 8.64. The second-order valence-electron chi connectivity index (χ2n) is 9.96. The van der Waals surface area contributed by atoms with E-state index in [1.165, 1.54) is 18.7 Å². The minimum Gasteiger partial charge on any atom is -0.497 e. The number of nitrogens with zero attached hydrogens (tertiary/aromatic N) is 1. The Bertz CT molecular complexity index is 1410. The summed E-state index contributed by atoms with van der Waals surface area (Å²) in [7, 11) is 3.29. The first-order valence-corrected chi connectivity index (χ1v) is 14.3. The van der Waals surface area contributed by atoms with Crippen molar-refractivity contribution in [2.45, 2.75) is 41.7 Å². The van der Waals surface area contributed by atoms with Crippen LogP contribution in [0, 0.1) is 0 Å². The van der Waals surface area contributed by atoms with Gasteiger partial charge >= 0.3 is 5.97 Å². The Labute approximate surface area is 245 Å². The van der Waals surface area contributed by atoms with Crippen molar-refractivity contribution in [3.63, 3.8) is 0 Å². The Hall–Kier alpha value is -4.23. The van der Waals surface area contributed by atoms with Crippen LogP contribution in [0.15, 0.2) is 114 Å². The minimum atomic E-state index is -1.42. The van der Waals surface area contributed by atoms with Crippen molar-refractivity contribution in [1.29, 1.82) is 0 Å². The zero-order chi connectivity index (χ0) is 28.8. The molecule has 5 rings (SSSR count). The molecule has 0 spiro atoms. The van der Waals surface area contributed by atoms with Crippen molar-refractivity contribution in [2.75, 3.05) is 14.2 Å². The average Bonchev–Trinajstić information content (AvgIpc) is 3.00. The molecule has 1 heterocycles. The van der Waals surface area contributed by atoms with E-state index in [2.05, 4.69) is 0 Å². The van der Waals surface area contributed by atoms with Crippen LogP contribution in [0.2, 0.25) is 0 Å². The Morgan fingerprint density at radius 1 is 0.780 bits per heavy atom. The number of likely N-dealkylation sites (tertiary alicyclic amines) is 1. The molecule has 0 aliphatic carbocycles. The van der Waals surface area contributed by atoms with Gasteiger partial charge in [-0.25, -0.2) is 0 Å². The van der Waals surface area contributed by atoms with E-state index in [-0.39, 0.29) is 11.9 Å². The fourth-order valence-electron chi connectivity index (χ4n) is 5.36. The summed E-state index contributed by atoms with van der Waals surface area (Å²) < 4.78 is 16.7. The molecule has 0 N–H and O–H groups in total. The van der Waals surface area contributed by atoms with Gasteiger partial charge in [0, 0.05) is 17.9 Å². The van der Waals surface area contributed by atoms with Crippen LogP contribution in [-0.4, -0.2) is 42.0 Å². The van der Waals surface area contributed by atoms with E-state index in [1.807, 2.05) is 114 Å². The zero-order valence-corrected chi connectivity index (χ0v) is 24.2. The number of esters is 1. The summed E-state index contributed by atoms with van der Waals surface area (Å²) in [5.74, 6) is 0.832. The van der Waals surface area contributed by atoms with E-state index in [4.69, 9.17) is 14.2 Å². The number of rotatable bonds is 11. The monoisotopic (exact) mass is 567 g/mol. The Morgan fingerprint density at radius 2 is 1.27 bits per heavy atom. The maximum atomic E-state index is 14.4. The Balaban J connectivity index is 1.57. The van der Waals surface area contributed by atoms with E-state index in [0.29, 0.717) is 12.8 Å². The molecule has 210 valence electrons. The standard InChI is InChI=1S/C34H33NO5S/c1-24(36)40-34(41-31-12-8-5-9-13-31)32(27-10-6-4-7-11-27)35(33(34)37)28(22-25-14-18-29(38-2)19-15-25)23-26-16-20-30(39-3)21-17-26/h4-21,28,32H,22-23H2,1-3H3. The summed E-state index contributed by atoms with van der Waals surface area (Å²) in [5.41, 5.74) is 3.06. The molecule has 2 unspecified atom stereocenters. The van der Waals surface area contributed by atoms with Gasteiger partial charge in [-0.1, -0.05) is 84.6 Å². The van der Waals surface area contributed by atoms with Crippen LogP contribution in [0.1, 0.15) is 29.7 Å². The van der Waals surface area contributed by atoms with Gasteiger partial charge in [-0.15, -0.1) is 0 Å². The maximum Gasteiger partial charge on any atom is 0.304 e. The van der Waals surface area contributed by atoms with Crippen molar-refractivity contribution < 1.29 is 23.8 Å². The molecule has 0 aromatic heterocycles. The number of ether oxygens (including phenoxy) is 3. The quantitative estimate of drug-likeness (QED) is 0.117. The van der Waals surface area contributed by atoms with Crippen molar-refractivity contribution in [2.24, 2.45) is 0 Å². The molecule has 1 fully saturated rings. The normalized spacial score (nSPS) is 18.1. The predicted octanol–water partition coefficient (Wildman–Crippen LogP) is 6.49. The lowest BCUT2D eigenvalue weighted by Gasteiger charge is -2.57. The molecule has 0 bridgehead atoms. The number of hydrogen-bond donors (Lipinski definition) is 0. The topological polar surface area (TPSA) is 65.1 Å². The van der Waals surface area contributed by atoms with Gasteiger partial charge in [-0.3, -0.25) is 9.59 Å². The van der Waals surface area contributed by atoms with Crippen LogP contribution in [0.25, 0.3) is 0 Å². The number of methoxy groups -OCH3 is 2. The van der Waals surface area contributed by atoms with Crippen LogP contribution in [0.4, 0.5) is 0 Å². The van der Waals surface area contributed by atoms with Crippen molar-refractivity contribution in [3.8, 4) is 11.5 Å². The number of carbonyl (C=O) groups excluding carboxylic acids is 2. The van der Waals surface area contributed by atoms with Crippen molar-refractivity contribution in [3.05, 3.63) is 126 Å². The molecule has 1 saturated heterocycles. The van der Waals surface area contributed by atoms with E-state index in [0.717, 1.165) is 33.1 Å². The van der Waals surface area contributed by atoms with Crippen LogP contribution < -0.4 is 9.47 Å². The van der Waals surface area contributed by atoms with Crippen molar-refractivity contribution in [1.82, 2.24) is 4.90 Å². The molecule has 1 aliphatic rings. The smallest absolute Gasteiger partial charge is 0.304 e. The molecule has 2 atom stereocenters. The summed E-state index contributed by atoms with van der Waals surface area (Å²) in [6.45, 7) is 1.36. The molecule has 1 amide bonds. The third-order valence-corrected chi connectivity index (χ3v) is 8.54. The van der Waals surface area contributed by atoms with Gasteiger partial charge in [0.05, 0.1) is 14.2 Å². The largest absolute Gasteiger partial charge is 0.497 e. The van der Waals surface area contributed by atoms with Crippen molar-refractivity contribution >= 4 is 23.6 Å². The van der Waals surface area contributed by atoms with E-state index in [9.17, 15) is 9.59 Å². The number of carbonyl (C=O) groups is 2. The second-order valence-corrected chi connectivity index (χ2v) is 11.2. The van der Waals surface area contributed by atoms with Gasteiger partial charge in [0.15, 0.2) is 0 Å². The third-order valence-electron chi connectivity index (χ3n) is 7.25. The van der Waals surface area contributed by atoms with E-state index < -0.39 is 16.9 Å². The summed E-state index contributed by atoms with van der Waals surface area (Å²) >= 11 is 1.29. The zero-order valence-electron chi connectivity index (χ0n) is 23.4. The number of thioether (sulfide) groups is 1. The first-order chi connectivity index (χ1) is 19.9. The van der Waals surface area contributed by atoms with E-state index in [1.54, 1.807) is 14.2 Å². The van der Waals surface area contributed by atoms with Gasteiger partial charge < -0.3 is 19.1 Å². The minimum absolute atomic E-state index is 0.213. The Morgan fingerprint density at radius 3 is 1.73 bits per heavy atom. The summed E-state index contributed by atoms with van der Waals surface area (Å²) in [5, 5.41) is 0. The van der Waals surface area contributed by atoms with Crippen LogP contribution in [0.5, 0.6) is 11.5 Å². The molecule has 6 nitrogen and oxygen atoms in total. The molecule has 41 heavy (non-hydrogen) atoms. The number of benzene rings is 4. The molecular weight excluding hydrogens is 534 g/mol. The number of amides is 1. The summed E-state index contributed by atoms with van der Waals surface area (Å²) in [6.07, 6.45) is 1.22. The highest BCUT2D eigenvalue weighted by Crippen LogP contribution is 2.56. The van der Waals surface area contributed by atoms with Crippen LogP contribution in [0.3, 0.4) is 0 Å². The lowest BCUT2D eigenvalue weighted by Crippen LogP contribution is -2.71. The second kappa shape index (κ2) is 12.5. The fraction of sp³-hybridized carbons (Fsp3) is 0.235. The fourth-order valence-corrected chi connectivity index (χ4v) is 6.71. The lowest BCUT2D eigenvalue weighted by atomic mass is 9.84. The molecule has 0 radical (unpaired) electrons. The average molecular weight is 568 g/mol. The molecular formula is C34H33NO5S. The first kappa shape index (κ1) is 28.3. The van der Waals surface area contributed by atoms with Gasteiger partial charge in [0.1, 0.15) is 17.5 Å². The molecule has 0 saturated carbocycles. The van der Waals surface area contributed by atoms with Gasteiger partial charge in [-0.05, 0) is 65.9 Å². The third kappa shape index (κ3) is 6.10. The van der Waals surface area contributed by atoms with E-state index >= 15 is 0 Å². The predicted molar refractivity (Wildman–Crippen MR) is 160 cm³/mol. The number of β-lactam (4-membered cyclic amide) rings is 1. The molecule has 4 aromatic rings. The summed E-state index contributed by atoms with van der Waals surface area (Å²) in [6, 6.07) is 34.6. The summed E-state index contributed by atoms with van der Waals surface area (Å²) in [4.78, 5) is 28.3. The maximum absolute atomic E-state index is 14.4. The SMILES string of the molecule is COc1ccc(CC(Cc2ccc(OC)cc2)N2C(=O)C(OC(C)=O)(Sc3ccccc3)C2c2ccccc2)cc1. The number of hydrogen-bond acceptors (Lipinski definition) is 6. The van der Waals surface area contributed by atoms with Crippen LogP contribution in [-0.2, 0) is 27.2 Å². The highest BCUT2D eigenvalue weighted by atomic mass is 32.2. The van der Waals surface area contributed by atoms with Gasteiger partial charge in [0.2, 0.25) is 0 Å². The highest BCUT2D eigenvalue weighted by Gasteiger charge is 2.66. The molecule has 1 aliphatic heterocycles. The highest BCUT2D eigenvalue weighted by molar-refractivity contribution is 8.01. The first-order valence-electron chi connectivity index (χ1n) is 13.5. The lowest BCUT2D eigenvalue weighted by molar-refractivity contribution is -0.194.